The first-order chi connectivity index (χ1) is 9.11. The molecule has 0 aliphatic heterocycles. The van der Waals surface area contributed by atoms with E-state index in [-0.39, 0.29) is 0 Å². The molecule has 0 saturated heterocycles. The Kier molecular flexibility index (Phi) is 5.03. The molecule has 2 rings (SSSR count). The molecule has 96 valence electrons. The van der Waals surface area contributed by atoms with Crippen LogP contribution in [0.3, 0.4) is 0 Å². The van der Waals surface area contributed by atoms with E-state index in [2.05, 4.69) is 53.9 Å². The highest BCUT2D eigenvalue weighted by Gasteiger charge is 2.10. The van der Waals surface area contributed by atoms with Gasteiger partial charge in [0.25, 0.3) is 0 Å². The maximum atomic E-state index is 8.88. The number of benzene rings is 2. The van der Waals surface area contributed by atoms with Crippen LogP contribution in [0.2, 0.25) is 0 Å². The molecule has 0 bridgehead atoms. The van der Waals surface area contributed by atoms with Crippen molar-refractivity contribution in [3.05, 3.63) is 60.9 Å². The van der Waals surface area contributed by atoms with Gasteiger partial charge in [-0.05, 0) is 50.1 Å². The van der Waals surface area contributed by atoms with Gasteiger partial charge in [-0.25, -0.2) is 0 Å². The Morgan fingerprint density at radius 1 is 1.00 bits per heavy atom. The van der Waals surface area contributed by atoms with Crippen molar-refractivity contribution in [3.8, 4) is 11.8 Å². The summed E-state index contributed by atoms with van der Waals surface area (Å²) in [4.78, 5) is 0. The van der Waals surface area contributed by atoms with E-state index in [9.17, 15) is 0 Å². The van der Waals surface area contributed by atoms with Crippen LogP contribution in [0.1, 0.15) is 11.1 Å². The first kappa shape index (κ1) is 14.6. The van der Waals surface area contributed by atoms with Crippen molar-refractivity contribution in [3.63, 3.8) is 0 Å². The molecular formula is C14H8Br3NO. The van der Waals surface area contributed by atoms with Gasteiger partial charge in [0.05, 0.1) is 20.6 Å². The number of nitriles is 1. The topological polar surface area (TPSA) is 33.0 Å². The van der Waals surface area contributed by atoms with Gasteiger partial charge in [-0.1, -0.05) is 34.1 Å². The van der Waals surface area contributed by atoms with Crippen LogP contribution in [0.4, 0.5) is 0 Å². The molecule has 0 fully saturated rings. The van der Waals surface area contributed by atoms with Gasteiger partial charge >= 0.3 is 0 Å². The molecule has 0 saturated carbocycles. The molecule has 5 heteroatoms. The maximum Gasteiger partial charge on any atom is 0.148 e. The molecule has 0 aliphatic carbocycles. The summed E-state index contributed by atoms with van der Waals surface area (Å²) in [6.07, 6.45) is 0. The van der Waals surface area contributed by atoms with Gasteiger partial charge in [0.15, 0.2) is 0 Å². The van der Waals surface area contributed by atoms with E-state index in [0.717, 1.165) is 19.0 Å². The summed E-state index contributed by atoms with van der Waals surface area (Å²) in [6, 6.07) is 13.5. The van der Waals surface area contributed by atoms with E-state index in [1.807, 2.05) is 24.3 Å². The van der Waals surface area contributed by atoms with Crippen molar-refractivity contribution < 1.29 is 4.74 Å². The smallest absolute Gasteiger partial charge is 0.148 e. The Balaban J connectivity index is 2.21. The highest BCUT2D eigenvalue weighted by atomic mass is 79.9. The van der Waals surface area contributed by atoms with Crippen LogP contribution >= 0.6 is 47.8 Å². The average Bonchev–Trinajstić information content (AvgIpc) is 2.39. The van der Waals surface area contributed by atoms with Gasteiger partial charge in [-0.2, -0.15) is 5.26 Å². The van der Waals surface area contributed by atoms with Crippen LogP contribution in [-0.4, -0.2) is 0 Å². The molecular weight excluding hydrogens is 438 g/mol. The number of hydrogen-bond acceptors (Lipinski definition) is 2. The summed E-state index contributed by atoms with van der Waals surface area (Å²) in [5.41, 5.74) is 1.64. The number of ether oxygens (including phenoxy) is 1. The summed E-state index contributed by atoms with van der Waals surface area (Å²) < 4.78 is 8.32. The molecule has 2 aromatic carbocycles. The fraction of sp³-hybridized carbons (Fsp3) is 0.0714. The van der Waals surface area contributed by atoms with Gasteiger partial charge in [0.2, 0.25) is 0 Å². The van der Waals surface area contributed by atoms with Gasteiger partial charge in [-0.3, -0.25) is 0 Å². The molecule has 0 aliphatic rings. The van der Waals surface area contributed by atoms with Crippen molar-refractivity contribution in [1.82, 2.24) is 0 Å². The molecule has 2 nitrogen and oxygen atoms in total. The summed E-state index contributed by atoms with van der Waals surface area (Å²) in [7, 11) is 0. The normalized spacial score (nSPS) is 10.0. The number of hydrogen-bond donors (Lipinski definition) is 0. The minimum absolute atomic E-state index is 0.449. The summed E-state index contributed by atoms with van der Waals surface area (Å²) in [5, 5.41) is 8.88. The monoisotopic (exact) mass is 443 g/mol. The Labute approximate surface area is 136 Å². The third-order valence-corrected chi connectivity index (χ3v) is 4.41. The van der Waals surface area contributed by atoms with E-state index in [4.69, 9.17) is 10.00 Å². The first-order valence-corrected chi connectivity index (χ1v) is 7.75. The lowest BCUT2D eigenvalue weighted by atomic mass is 10.2. The second kappa shape index (κ2) is 6.56. The molecule has 0 unspecified atom stereocenters. The van der Waals surface area contributed by atoms with Gasteiger partial charge < -0.3 is 4.74 Å². The second-order valence-corrected chi connectivity index (χ2v) is 6.32. The predicted molar refractivity (Wildman–Crippen MR) is 85.0 cm³/mol. The van der Waals surface area contributed by atoms with Crippen LogP contribution < -0.4 is 4.74 Å². The fourth-order valence-electron chi connectivity index (χ4n) is 1.53. The quantitative estimate of drug-likeness (QED) is 0.631. The number of rotatable bonds is 3. The largest absolute Gasteiger partial charge is 0.486 e. The minimum atomic E-state index is 0.449. The first-order valence-electron chi connectivity index (χ1n) is 5.37. The molecule has 0 amide bonds. The lowest BCUT2D eigenvalue weighted by Crippen LogP contribution is -1.98. The molecule has 0 N–H and O–H groups in total. The van der Waals surface area contributed by atoms with E-state index in [0.29, 0.717) is 17.9 Å². The maximum absolute atomic E-state index is 8.88. The summed E-state index contributed by atoms with van der Waals surface area (Å²) in [5.74, 6) is 0.690. The van der Waals surface area contributed by atoms with Crippen LogP contribution in [0.25, 0.3) is 0 Å². The molecule has 0 radical (unpaired) electrons. The standard InChI is InChI=1S/C14H8Br3NO/c15-11-4-2-1-3-10(11)8-19-14-12(16)5-9(7-18)6-13(14)17/h1-6H,8H2. The SMILES string of the molecule is N#Cc1cc(Br)c(OCc2ccccc2Br)c(Br)c1. The van der Waals surface area contributed by atoms with Crippen LogP contribution in [0.15, 0.2) is 49.8 Å². The van der Waals surface area contributed by atoms with Crippen LogP contribution in [0.5, 0.6) is 5.75 Å². The average molecular weight is 446 g/mol. The molecule has 2 aromatic rings. The van der Waals surface area contributed by atoms with Gasteiger partial charge in [0, 0.05) is 10.0 Å². The van der Waals surface area contributed by atoms with Crippen molar-refractivity contribution in [2.75, 3.05) is 0 Å². The third kappa shape index (κ3) is 3.59. The van der Waals surface area contributed by atoms with E-state index in [1.54, 1.807) is 12.1 Å². The molecule has 0 atom stereocenters. The van der Waals surface area contributed by atoms with Crippen molar-refractivity contribution in [2.45, 2.75) is 6.61 Å². The molecule has 0 spiro atoms. The number of nitrogens with zero attached hydrogens (tertiary/aromatic N) is 1. The number of halogens is 3. The van der Waals surface area contributed by atoms with E-state index >= 15 is 0 Å². The molecule has 0 aromatic heterocycles. The van der Waals surface area contributed by atoms with Crippen molar-refractivity contribution >= 4 is 47.8 Å². The van der Waals surface area contributed by atoms with Crippen molar-refractivity contribution in [2.24, 2.45) is 0 Å². The Morgan fingerprint density at radius 3 is 2.21 bits per heavy atom. The minimum Gasteiger partial charge on any atom is -0.486 e. The highest BCUT2D eigenvalue weighted by molar-refractivity contribution is 9.11. The summed E-state index contributed by atoms with van der Waals surface area (Å²) in [6.45, 7) is 0.449. The second-order valence-electron chi connectivity index (χ2n) is 3.76. The Morgan fingerprint density at radius 2 is 1.63 bits per heavy atom. The zero-order valence-corrected chi connectivity index (χ0v) is 14.4. The molecule has 0 heterocycles. The highest BCUT2D eigenvalue weighted by Crippen LogP contribution is 2.35. The Bertz CT molecular complexity index is 626. The fourth-order valence-corrected chi connectivity index (χ4v) is 3.34. The summed E-state index contributed by atoms with van der Waals surface area (Å²) >= 11 is 10.3. The van der Waals surface area contributed by atoms with E-state index < -0.39 is 0 Å². The van der Waals surface area contributed by atoms with Gasteiger partial charge in [-0.15, -0.1) is 0 Å². The van der Waals surface area contributed by atoms with Gasteiger partial charge in [0.1, 0.15) is 12.4 Å². The lowest BCUT2D eigenvalue weighted by Gasteiger charge is -2.11. The lowest BCUT2D eigenvalue weighted by molar-refractivity contribution is 0.301. The molecule has 19 heavy (non-hydrogen) atoms. The Hall–Kier alpha value is -0.830. The zero-order valence-electron chi connectivity index (χ0n) is 9.66. The third-order valence-electron chi connectivity index (χ3n) is 2.46. The zero-order chi connectivity index (χ0) is 13.8. The van der Waals surface area contributed by atoms with Crippen LogP contribution in [-0.2, 0) is 6.61 Å². The van der Waals surface area contributed by atoms with Crippen LogP contribution in [0, 0.1) is 11.3 Å². The van der Waals surface area contributed by atoms with E-state index in [1.165, 1.54) is 0 Å². The van der Waals surface area contributed by atoms with Crippen molar-refractivity contribution in [1.29, 1.82) is 5.26 Å². The predicted octanol–water partition coefficient (Wildman–Crippen LogP) is 5.42.